The number of nitrogens with zero attached hydrogens (tertiary/aromatic N) is 2. The lowest BCUT2D eigenvalue weighted by molar-refractivity contribution is 0.0598. The normalized spacial score (nSPS) is 11.3. The van der Waals surface area contributed by atoms with Crippen LogP contribution in [0.3, 0.4) is 0 Å². The van der Waals surface area contributed by atoms with E-state index in [0.29, 0.717) is 12.2 Å². The van der Waals surface area contributed by atoms with Crippen molar-refractivity contribution in [2.75, 3.05) is 14.2 Å². The highest BCUT2D eigenvalue weighted by Gasteiger charge is 2.22. The number of rotatable bonds is 8. The average molecular weight is 472 g/mol. The molecule has 2 aromatic carbocycles. The fourth-order valence-electron chi connectivity index (χ4n) is 3.38. The molecular formula is C23H25N3O6S. The molecule has 0 saturated heterocycles. The van der Waals surface area contributed by atoms with Crippen LogP contribution in [-0.4, -0.2) is 44.4 Å². The Bertz CT molecular complexity index is 1250. The van der Waals surface area contributed by atoms with Crippen molar-refractivity contribution in [1.29, 1.82) is 0 Å². The molecule has 0 saturated carbocycles. The topological polar surface area (TPSA) is 117 Å². The first-order chi connectivity index (χ1) is 15.7. The zero-order chi connectivity index (χ0) is 24.2. The molecule has 1 heterocycles. The summed E-state index contributed by atoms with van der Waals surface area (Å²) < 4.78 is 39.7. The quantitative estimate of drug-likeness (QED) is 0.502. The number of hydrogen-bond acceptors (Lipinski definition) is 7. The van der Waals surface area contributed by atoms with Gasteiger partial charge in [-0.3, -0.25) is 4.68 Å². The molecule has 0 spiro atoms. The molecular weight excluding hydrogens is 446 g/mol. The predicted octanol–water partition coefficient (Wildman–Crippen LogP) is 2.60. The number of benzene rings is 2. The van der Waals surface area contributed by atoms with Gasteiger partial charge in [-0.1, -0.05) is 30.3 Å². The van der Waals surface area contributed by atoms with Crippen molar-refractivity contribution >= 4 is 22.0 Å². The minimum Gasteiger partial charge on any atom is -0.465 e. The van der Waals surface area contributed by atoms with Crippen LogP contribution in [0.5, 0.6) is 0 Å². The Labute approximate surface area is 192 Å². The number of sulfonamides is 1. The fourth-order valence-corrected chi connectivity index (χ4v) is 4.44. The predicted molar refractivity (Wildman–Crippen MR) is 120 cm³/mol. The summed E-state index contributed by atoms with van der Waals surface area (Å²) in [5, 5.41) is 4.54. The number of esters is 2. The third kappa shape index (κ3) is 5.47. The summed E-state index contributed by atoms with van der Waals surface area (Å²) in [5.41, 5.74) is 3.19. The molecule has 0 radical (unpaired) electrons. The summed E-state index contributed by atoms with van der Waals surface area (Å²) in [6.45, 7) is 4.24. The molecule has 1 aromatic heterocycles. The maximum Gasteiger partial charge on any atom is 0.337 e. The van der Waals surface area contributed by atoms with Gasteiger partial charge in [0, 0.05) is 17.8 Å². The molecule has 0 aliphatic heterocycles. The highest BCUT2D eigenvalue weighted by molar-refractivity contribution is 7.89. The van der Waals surface area contributed by atoms with Gasteiger partial charge in [-0.25, -0.2) is 22.7 Å². The second-order valence-corrected chi connectivity index (χ2v) is 9.11. The van der Waals surface area contributed by atoms with E-state index >= 15 is 0 Å². The van der Waals surface area contributed by atoms with Gasteiger partial charge in [-0.05, 0) is 37.6 Å². The van der Waals surface area contributed by atoms with Crippen molar-refractivity contribution in [2.45, 2.75) is 31.8 Å². The number of methoxy groups -OCH3 is 2. The Morgan fingerprint density at radius 2 is 1.55 bits per heavy atom. The number of nitrogens with one attached hydrogen (secondary N) is 1. The minimum atomic E-state index is -4.07. The number of aromatic nitrogens is 2. The summed E-state index contributed by atoms with van der Waals surface area (Å²) >= 11 is 0. The van der Waals surface area contributed by atoms with Crippen LogP contribution in [0.2, 0.25) is 0 Å². The molecule has 0 fully saturated rings. The number of carbonyl (C=O) groups excluding carboxylic acids is 2. The molecule has 10 heteroatoms. The van der Waals surface area contributed by atoms with E-state index in [4.69, 9.17) is 0 Å². The van der Waals surface area contributed by atoms with E-state index in [0.717, 1.165) is 43.2 Å². The van der Waals surface area contributed by atoms with Crippen LogP contribution in [0.4, 0.5) is 0 Å². The lowest BCUT2D eigenvalue weighted by atomic mass is 10.1. The second kappa shape index (κ2) is 9.97. The lowest BCUT2D eigenvalue weighted by Crippen LogP contribution is -2.24. The molecule has 3 rings (SSSR count). The summed E-state index contributed by atoms with van der Waals surface area (Å²) in [5.74, 6) is -1.54. The van der Waals surface area contributed by atoms with Crippen molar-refractivity contribution in [1.82, 2.24) is 14.5 Å². The Hall–Kier alpha value is -3.50. The first-order valence-corrected chi connectivity index (χ1v) is 11.5. The van der Waals surface area contributed by atoms with Gasteiger partial charge in [0.05, 0.1) is 42.5 Å². The van der Waals surface area contributed by atoms with E-state index in [9.17, 15) is 18.0 Å². The number of ether oxygens (including phenoxy) is 2. The summed E-state index contributed by atoms with van der Waals surface area (Å²) in [7, 11) is -1.74. The van der Waals surface area contributed by atoms with Gasteiger partial charge in [-0.2, -0.15) is 5.10 Å². The van der Waals surface area contributed by atoms with Crippen LogP contribution in [0, 0.1) is 13.8 Å². The zero-order valence-corrected chi connectivity index (χ0v) is 19.6. The highest BCUT2D eigenvalue weighted by Crippen LogP contribution is 2.19. The third-order valence-electron chi connectivity index (χ3n) is 5.20. The van der Waals surface area contributed by atoms with E-state index in [-0.39, 0.29) is 22.6 Å². The first-order valence-electron chi connectivity index (χ1n) is 10.0. The SMILES string of the molecule is COC(=O)c1cc(C(=O)OC)cc(S(=O)(=O)NCc2c(C)nn(Cc3ccccc3)c2C)c1. The molecule has 0 unspecified atom stereocenters. The van der Waals surface area contributed by atoms with E-state index in [2.05, 4.69) is 19.3 Å². The van der Waals surface area contributed by atoms with Gasteiger partial charge in [0.25, 0.3) is 0 Å². The van der Waals surface area contributed by atoms with Crippen LogP contribution in [0.1, 0.15) is 43.2 Å². The van der Waals surface area contributed by atoms with E-state index in [1.165, 1.54) is 6.07 Å². The Balaban J connectivity index is 1.87. The van der Waals surface area contributed by atoms with Gasteiger partial charge < -0.3 is 9.47 Å². The van der Waals surface area contributed by atoms with Crippen molar-refractivity contribution in [3.8, 4) is 0 Å². The minimum absolute atomic E-state index is 0.00913. The van der Waals surface area contributed by atoms with Crippen molar-refractivity contribution < 1.29 is 27.5 Å². The van der Waals surface area contributed by atoms with Crippen LogP contribution in [-0.2, 0) is 32.6 Å². The van der Waals surface area contributed by atoms with Gasteiger partial charge >= 0.3 is 11.9 Å². The van der Waals surface area contributed by atoms with E-state index < -0.39 is 22.0 Å². The molecule has 0 aliphatic carbocycles. The van der Waals surface area contributed by atoms with Gasteiger partial charge in [0.1, 0.15) is 0 Å². The van der Waals surface area contributed by atoms with Gasteiger partial charge in [0.15, 0.2) is 0 Å². The third-order valence-corrected chi connectivity index (χ3v) is 6.59. The molecule has 3 aromatic rings. The summed E-state index contributed by atoms with van der Waals surface area (Å²) in [6, 6.07) is 13.3. The molecule has 1 N–H and O–H groups in total. The zero-order valence-electron chi connectivity index (χ0n) is 18.8. The molecule has 9 nitrogen and oxygen atoms in total. The molecule has 174 valence electrons. The molecule has 0 amide bonds. The highest BCUT2D eigenvalue weighted by atomic mass is 32.2. The smallest absolute Gasteiger partial charge is 0.337 e. The molecule has 33 heavy (non-hydrogen) atoms. The van der Waals surface area contributed by atoms with E-state index in [1.54, 1.807) is 0 Å². The summed E-state index contributed by atoms with van der Waals surface area (Å²) in [4.78, 5) is 23.7. The molecule has 0 atom stereocenters. The Morgan fingerprint density at radius 1 is 0.970 bits per heavy atom. The largest absolute Gasteiger partial charge is 0.465 e. The van der Waals surface area contributed by atoms with Crippen LogP contribution >= 0.6 is 0 Å². The van der Waals surface area contributed by atoms with Crippen LogP contribution < -0.4 is 4.72 Å². The molecule has 0 aliphatic rings. The number of aryl methyl sites for hydroxylation is 1. The van der Waals surface area contributed by atoms with Gasteiger partial charge in [-0.15, -0.1) is 0 Å². The standard InChI is InChI=1S/C23H25N3O6S/c1-15-21(16(2)26(25-15)14-17-8-6-5-7-9-17)13-24-33(29,30)20-11-18(22(27)31-3)10-19(12-20)23(28)32-4/h5-12,24H,13-14H2,1-4H3. The van der Waals surface area contributed by atoms with Crippen molar-refractivity contribution in [3.05, 3.63) is 82.2 Å². The van der Waals surface area contributed by atoms with Crippen LogP contribution in [0.25, 0.3) is 0 Å². The van der Waals surface area contributed by atoms with E-state index in [1.807, 2.05) is 48.9 Å². The monoisotopic (exact) mass is 471 g/mol. The number of carbonyl (C=O) groups is 2. The first kappa shape index (κ1) is 24.1. The Morgan fingerprint density at radius 3 is 2.09 bits per heavy atom. The van der Waals surface area contributed by atoms with Gasteiger partial charge in [0.2, 0.25) is 10.0 Å². The lowest BCUT2D eigenvalue weighted by Gasteiger charge is -2.11. The number of hydrogen-bond donors (Lipinski definition) is 1. The van der Waals surface area contributed by atoms with Crippen molar-refractivity contribution in [3.63, 3.8) is 0 Å². The summed E-state index contributed by atoms with van der Waals surface area (Å²) in [6.07, 6.45) is 0. The van der Waals surface area contributed by atoms with Crippen molar-refractivity contribution in [2.24, 2.45) is 0 Å². The Kier molecular flexibility index (Phi) is 7.29. The van der Waals surface area contributed by atoms with Crippen LogP contribution in [0.15, 0.2) is 53.4 Å². The maximum absolute atomic E-state index is 13.0. The molecule has 0 bridgehead atoms. The average Bonchev–Trinajstić information content (AvgIpc) is 3.08. The fraction of sp³-hybridized carbons (Fsp3) is 0.261. The maximum atomic E-state index is 13.0. The second-order valence-electron chi connectivity index (χ2n) is 7.35.